The molecular formula is C21H21ClN4O2. The second kappa shape index (κ2) is 7.86. The van der Waals surface area contributed by atoms with Gasteiger partial charge in [0.1, 0.15) is 0 Å². The number of carbonyl (C=O) groups excluding carboxylic acids is 1. The Balaban J connectivity index is 2.05. The molecule has 0 fully saturated rings. The van der Waals surface area contributed by atoms with Gasteiger partial charge >= 0.3 is 6.03 Å². The van der Waals surface area contributed by atoms with Gasteiger partial charge in [-0.3, -0.25) is 4.79 Å². The van der Waals surface area contributed by atoms with E-state index in [1.165, 1.54) is 0 Å². The highest BCUT2D eigenvalue weighted by Crippen LogP contribution is 2.13. The Morgan fingerprint density at radius 1 is 1.07 bits per heavy atom. The number of carbonyl (C=O) groups is 1. The normalized spacial score (nSPS) is 11.7. The van der Waals surface area contributed by atoms with Crippen LogP contribution in [0.3, 0.4) is 0 Å². The Kier molecular flexibility index (Phi) is 5.51. The van der Waals surface area contributed by atoms with Gasteiger partial charge in [0.2, 0.25) is 0 Å². The number of halogens is 1. The van der Waals surface area contributed by atoms with Crippen molar-refractivity contribution in [3.05, 3.63) is 75.3 Å². The van der Waals surface area contributed by atoms with E-state index >= 15 is 0 Å². The number of rotatable bonds is 3. The first kappa shape index (κ1) is 19.6. The fourth-order valence-corrected chi connectivity index (χ4v) is 2.71. The molecule has 1 heterocycles. The average Bonchev–Trinajstić information content (AvgIpc) is 2.62. The van der Waals surface area contributed by atoms with Crippen molar-refractivity contribution in [2.75, 3.05) is 5.43 Å². The first-order valence-electron chi connectivity index (χ1n) is 8.77. The molecule has 0 saturated heterocycles. The standard InChI is InChI=1S/C21H21ClN4O2/c1-21(2,3)24-20(28)25-26-18(13-10-14-8-11-15(22)12-9-14)23-17-7-5-4-6-16(17)19(26)27/h4-13H,1-3H3,(H2,24,25,28)/b13-10+. The average molecular weight is 397 g/mol. The molecule has 28 heavy (non-hydrogen) atoms. The summed E-state index contributed by atoms with van der Waals surface area (Å²) in [5.74, 6) is 0.308. The molecule has 0 atom stereocenters. The second-order valence-corrected chi connectivity index (χ2v) is 7.76. The van der Waals surface area contributed by atoms with Crippen molar-refractivity contribution in [2.24, 2.45) is 0 Å². The molecule has 3 rings (SSSR count). The van der Waals surface area contributed by atoms with E-state index in [0.717, 1.165) is 10.2 Å². The molecule has 0 aliphatic rings. The van der Waals surface area contributed by atoms with Gasteiger partial charge in [-0.2, -0.15) is 4.68 Å². The number of urea groups is 1. The third-order valence-corrected chi connectivity index (χ3v) is 4.05. The van der Waals surface area contributed by atoms with Crippen LogP contribution in [-0.4, -0.2) is 21.2 Å². The van der Waals surface area contributed by atoms with Crippen LogP contribution in [0, 0.1) is 0 Å². The van der Waals surface area contributed by atoms with Crippen molar-refractivity contribution in [3.63, 3.8) is 0 Å². The molecule has 0 aliphatic carbocycles. The van der Waals surface area contributed by atoms with E-state index in [0.29, 0.717) is 21.7 Å². The highest BCUT2D eigenvalue weighted by atomic mass is 35.5. The number of nitrogens with zero attached hydrogens (tertiary/aromatic N) is 2. The summed E-state index contributed by atoms with van der Waals surface area (Å²) in [4.78, 5) is 29.8. The number of fused-ring (bicyclic) bond motifs is 1. The smallest absolute Gasteiger partial charge is 0.332 e. The van der Waals surface area contributed by atoms with Gasteiger partial charge in [-0.05, 0) is 56.7 Å². The maximum Gasteiger partial charge on any atom is 0.334 e. The first-order chi connectivity index (χ1) is 13.2. The molecule has 6 nitrogen and oxygen atoms in total. The summed E-state index contributed by atoms with van der Waals surface area (Å²) in [6.45, 7) is 5.57. The van der Waals surface area contributed by atoms with Gasteiger partial charge in [-0.1, -0.05) is 41.9 Å². The molecular weight excluding hydrogens is 376 g/mol. The number of para-hydroxylation sites is 1. The second-order valence-electron chi connectivity index (χ2n) is 7.33. The summed E-state index contributed by atoms with van der Waals surface area (Å²) < 4.78 is 1.15. The summed E-state index contributed by atoms with van der Waals surface area (Å²) in [5, 5.41) is 3.83. The minimum absolute atomic E-state index is 0.308. The quantitative estimate of drug-likeness (QED) is 0.694. The van der Waals surface area contributed by atoms with Crippen LogP contribution < -0.4 is 16.3 Å². The highest BCUT2D eigenvalue weighted by molar-refractivity contribution is 6.30. The lowest BCUT2D eigenvalue weighted by atomic mass is 10.1. The van der Waals surface area contributed by atoms with Crippen molar-refractivity contribution in [1.29, 1.82) is 0 Å². The largest absolute Gasteiger partial charge is 0.334 e. The monoisotopic (exact) mass is 396 g/mol. The molecule has 0 radical (unpaired) electrons. The molecule has 144 valence electrons. The summed E-state index contributed by atoms with van der Waals surface area (Å²) in [6.07, 6.45) is 3.47. The third-order valence-electron chi connectivity index (χ3n) is 3.80. The molecule has 0 bridgehead atoms. The first-order valence-corrected chi connectivity index (χ1v) is 9.15. The third kappa shape index (κ3) is 4.78. The van der Waals surface area contributed by atoms with Crippen molar-refractivity contribution in [2.45, 2.75) is 26.3 Å². The van der Waals surface area contributed by atoms with Gasteiger partial charge in [0.25, 0.3) is 5.56 Å². The zero-order valence-electron chi connectivity index (χ0n) is 15.9. The maximum absolute atomic E-state index is 12.9. The maximum atomic E-state index is 12.9. The van der Waals surface area contributed by atoms with Crippen LogP contribution in [0.15, 0.2) is 53.3 Å². The van der Waals surface area contributed by atoms with Gasteiger partial charge < -0.3 is 5.32 Å². The van der Waals surface area contributed by atoms with Crippen molar-refractivity contribution >= 4 is 40.7 Å². The Morgan fingerprint density at radius 2 is 1.75 bits per heavy atom. The van der Waals surface area contributed by atoms with Crippen molar-refractivity contribution < 1.29 is 4.79 Å². The van der Waals surface area contributed by atoms with Crippen LogP contribution in [0.5, 0.6) is 0 Å². The number of aromatic nitrogens is 2. The topological polar surface area (TPSA) is 76.0 Å². The molecule has 0 aliphatic heterocycles. The van der Waals surface area contributed by atoms with E-state index in [1.807, 2.05) is 39.0 Å². The molecule has 2 aromatic carbocycles. The zero-order chi connectivity index (χ0) is 20.3. The van der Waals surface area contributed by atoms with Gasteiger partial charge in [0.15, 0.2) is 5.82 Å². The van der Waals surface area contributed by atoms with Crippen LogP contribution in [0.25, 0.3) is 23.1 Å². The Bertz CT molecular complexity index is 1100. The number of nitrogens with one attached hydrogen (secondary N) is 2. The minimum Gasteiger partial charge on any atom is -0.332 e. The lowest BCUT2D eigenvalue weighted by Crippen LogP contribution is -2.48. The van der Waals surface area contributed by atoms with E-state index in [9.17, 15) is 9.59 Å². The fraction of sp³-hybridized carbons (Fsp3) is 0.190. The fourth-order valence-electron chi connectivity index (χ4n) is 2.58. The summed E-state index contributed by atoms with van der Waals surface area (Å²) in [7, 11) is 0. The Labute approximate surface area is 167 Å². The predicted molar refractivity (Wildman–Crippen MR) is 114 cm³/mol. The molecule has 7 heteroatoms. The number of benzene rings is 2. The van der Waals surface area contributed by atoms with Gasteiger partial charge in [-0.25, -0.2) is 15.2 Å². The van der Waals surface area contributed by atoms with E-state index in [-0.39, 0.29) is 5.56 Å². The van der Waals surface area contributed by atoms with Crippen LogP contribution in [0.1, 0.15) is 32.2 Å². The molecule has 0 unspecified atom stereocenters. The highest BCUT2D eigenvalue weighted by Gasteiger charge is 2.16. The number of hydrogen-bond acceptors (Lipinski definition) is 3. The summed E-state index contributed by atoms with van der Waals surface area (Å²) in [6, 6.07) is 13.8. The lowest BCUT2D eigenvalue weighted by Gasteiger charge is -2.21. The summed E-state index contributed by atoms with van der Waals surface area (Å²) >= 11 is 5.91. The minimum atomic E-state index is -0.493. The Morgan fingerprint density at radius 3 is 2.43 bits per heavy atom. The summed E-state index contributed by atoms with van der Waals surface area (Å²) in [5.41, 5.74) is 3.23. The molecule has 0 spiro atoms. The number of amides is 2. The van der Waals surface area contributed by atoms with Gasteiger partial charge in [0.05, 0.1) is 10.9 Å². The Hall–Kier alpha value is -3.12. The molecule has 2 amide bonds. The molecule has 1 aromatic heterocycles. The van der Waals surface area contributed by atoms with E-state index in [4.69, 9.17) is 11.6 Å². The van der Waals surface area contributed by atoms with Crippen LogP contribution in [0.4, 0.5) is 4.79 Å². The molecule has 3 aromatic rings. The lowest BCUT2D eigenvalue weighted by molar-refractivity contribution is 0.241. The van der Waals surface area contributed by atoms with Crippen LogP contribution in [0.2, 0.25) is 5.02 Å². The SMILES string of the molecule is CC(C)(C)NC(=O)Nn1c(/C=C/c2ccc(Cl)cc2)nc2ccccc2c1=O. The molecule has 0 saturated carbocycles. The van der Waals surface area contributed by atoms with Crippen LogP contribution in [-0.2, 0) is 0 Å². The predicted octanol–water partition coefficient (Wildman–Crippen LogP) is 4.27. The van der Waals surface area contributed by atoms with E-state index < -0.39 is 11.6 Å². The van der Waals surface area contributed by atoms with E-state index in [1.54, 1.807) is 42.5 Å². The van der Waals surface area contributed by atoms with Gasteiger partial charge in [-0.15, -0.1) is 0 Å². The van der Waals surface area contributed by atoms with Gasteiger partial charge in [0, 0.05) is 10.6 Å². The number of hydrogen-bond donors (Lipinski definition) is 2. The zero-order valence-corrected chi connectivity index (χ0v) is 16.6. The molecule has 2 N–H and O–H groups in total. The van der Waals surface area contributed by atoms with Crippen molar-refractivity contribution in [3.8, 4) is 0 Å². The van der Waals surface area contributed by atoms with Crippen LogP contribution >= 0.6 is 11.6 Å². The van der Waals surface area contributed by atoms with E-state index in [2.05, 4.69) is 15.7 Å². The van der Waals surface area contributed by atoms with Crippen molar-refractivity contribution in [1.82, 2.24) is 15.0 Å².